The minimum Gasteiger partial charge on any atom is -0.497 e. The van der Waals surface area contributed by atoms with Gasteiger partial charge in [-0.2, -0.15) is 0 Å². The summed E-state index contributed by atoms with van der Waals surface area (Å²) in [5, 5.41) is 3.62. The van der Waals surface area contributed by atoms with Crippen molar-refractivity contribution in [1.82, 2.24) is 5.32 Å². The first-order valence-electron chi connectivity index (χ1n) is 10.4. The molecule has 5 heteroatoms. The van der Waals surface area contributed by atoms with Gasteiger partial charge in [0.2, 0.25) is 6.79 Å². The van der Waals surface area contributed by atoms with Gasteiger partial charge in [-0.25, -0.2) is 0 Å². The number of hydrogen-bond donors (Lipinski definition) is 1. The van der Waals surface area contributed by atoms with Gasteiger partial charge in [0.25, 0.3) is 0 Å². The monoisotopic (exact) mass is 397 g/mol. The molecule has 0 spiro atoms. The number of rotatable bonds is 7. The molecule has 0 bridgehead atoms. The molecule has 2 aromatic rings. The van der Waals surface area contributed by atoms with Gasteiger partial charge in [0.05, 0.1) is 12.7 Å². The molecule has 2 aliphatic heterocycles. The van der Waals surface area contributed by atoms with Crippen LogP contribution in [0.2, 0.25) is 0 Å². The highest BCUT2D eigenvalue weighted by Gasteiger charge is 2.41. The summed E-state index contributed by atoms with van der Waals surface area (Å²) >= 11 is 0. The van der Waals surface area contributed by atoms with Crippen LogP contribution in [0.4, 0.5) is 0 Å². The first-order chi connectivity index (χ1) is 14.0. The third kappa shape index (κ3) is 4.51. The Kier molecular flexibility index (Phi) is 5.70. The van der Waals surface area contributed by atoms with Crippen LogP contribution in [0.3, 0.4) is 0 Å². The molecule has 1 atom stereocenters. The summed E-state index contributed by atoms with van der Waals surface area (Å²) in [5.41, 5.74) is 2.57. The summed E-state index contributed by atoms with van der Waals surface area (Å²) in [6.45, 7) is 7.26. The van der Waals surface area contributed by atoms with Crippen molar-refractivity contribution < 1.29 is 18.9 Å². The molecular weight excluding hydrogens is 366 g/mol. The lowest BCUT2D eigenvalue weighted by atomic mass is 9.67. The van der Waals surface area contributed by atoms with Crippen LogP contribution in [-0.4, -0.2) is 32.7 Å². The molecule has 4 rings (SSSR count). The van der Waals surface area contributed by atoms with Gasteiger partial charge in [0.1, 0.15) is 5.75 Å². The van der Waals surface area contributed by atoms with Crippen molar-refractivity contribution in [2.24, 2.45) is 0 Å². The molecule has 0 aromatic heterocycles. The summed E-state index contributed by atoms with van der Waals surface area (Å²) in [5.74, 6) is 2.57. The highest BCUT2D eigenvalue weighted by atomic mass is 16.7. The van der Waals surface area contributed by atoms with Crippen LogP contribution >= 0.6 is 0 Å². The van der Waals surface area contributed by atoms with E-state index >= 15 is 0 Å². The molecule has 1 N–H and O–H groups in total. The van der Waals surface area contributed by atoms with Crippen molar-refractivity contribution in [3.8, 4) is 17.2 Å². The summed E-state index contributed by atoms with van der Waals surface area (Å²) < 4.78 is 22.3. The van der Waals surface area contributed by atoms with E-state index in [4.69, 9.17) is 18.9 Å². The molecule has 0 amide bonds. The molecule has 1 unspecified atom stereocenters. The van der Waals surface area contributed by atoms with Crippen LogP contribution in [0.25, 0.3) is 0 Å². The van der Waals surface area contributed by atoms with Crippen molar-refractivity contribution in [3.05, 3.63) is 53.6 Å². The molecule has 0 saturated carbocycles. The van der Waals surface area contributed by atoms with E-state index < -0.39 is 0 Å². The Morgan fingerprint density at radius 1 is 1.03 bits per heavy atom. The first kappa shape index (κ1) is 20.0. The number of methoxy groups -OCH3 is 1. The van der Waals surface area contributed by atoms with Gasteiger partial charge in [-0.1, -0.05) is 18.2 Å². The average molecular weight is 398 g/mol. The van der Waals surface area contributed by atoms with Gasteiger partial charge in [-0.05, 0) is 75.0 Å². The maximum atomic E-state index is 6.03. The van der Waals surface area contributed by atoms with E-state index in [1.807, 2.05) is 6.07 Å². The summed E-state index contributed by atoms with van der Waals surface area (Å²) in [6.07, 6.45) is 3.11. The molecule has 2 aromatic carbocycles. The van der Waals surface area contributed by atoms with Gasteiger partial charge in [-0.3, -0.25) is 0 Å². The van der Waals surface area contributed by atoms with Crippen LogP contribution in [-0.2, 0) is 16.7 Å². The minimum atomic E-state index is -0.116. The Morgan fingerprint density at radius 2 is 1.83 bits per heavy atom. The summed E-state index contributed by atoms with van der Waals surface area (Å²) in [7, 11) is 1.71. The van der Waals surface area contributed by atoms with E-state index in [-0.39, 0.29) is 11.0 Å². The van der Waals surface area contributed by atoms with Crippen LogP contribution in [0, 0.1) is 0 Å². The fourth-order valence-corrected chi connectivity index (χ4v) is 4.64. The summed E-state index contributed by atoms with van der Waals surface area (Å²) in [6, 6.07) is 14.7. The second kappa shape index (κ2) is 8.25. The van der Waals surface area contributed by atoms with Crippen LogP contribution in [0.15, 0.2) is 42.5 Å². The van der Waals surface area contributed by atoms with Gasteiger partial charge in [-0.15, -0.1) is 0 Å². The fourth-order valence-electron chi connectivity index (χ4n) is 4.64. The lowest BCUT2D eigenvalue weighted by molar-refractivity contribution is -0.0840. The Bertz CT molecular complexity index is 833. The van der Waals surface area contributed by atoms with Crippen molar-refractivity contribution in [2.45, 2.75) is 50.7 Å². The van der Waals surface area contributed by atoms with E-state index in [1.165, 1.54) is 11.1 Å². The summed E-state index contributed by atoms with van der Waals surface area (Å²) in [4.78, 5) is 0. The average Bonchev–Trinajstić information content (AvgIpc) is 3.18. The van der Waals surface area contributed by atoms with Crippen molar-refractivity contribution >= 4 is 0 Å². The fraction of sp³-hybridized carbons (Fsp3) is 0.500. The topological polar surface area (TPSA) is 49.0 Å². The Balaban J connectivity index is 1.43. The Hall–Kier alpha value is -2.24. The molecule has 2 heterocycles. The maximum absolute atomic E-state index is 6.03. The zero-order valence-electron chi connectivity index (χ0n) is 17.6. The maximum Gasteiger partial charge on any atom is 0.231 e. The largest absolute Gasteiger partial charge is 0.497 e. The third-order valence-corrected chi connectivity index (χ3v) is 6.09. The van der Waals surface area contributed by atoms with Crippen LogP contribution in [0.5, 0.6) is 17.2 Å². The second-order valence-electron chi connectivity index (χ2n) is 8.66. The molecule has 29 heavy (non-hydrogen) atoms. The van der Waals surface area contributed by atoms with Crippen molar-refractivity contribution in [3.63, 3.8) is 0 Å². The number of ether oxygens (including phenoxy) is 4. The number of benzene rings is 2. The van der Waals surface area contributed by atoms with Gasteiger partial charge in [0, 0.05) is 18.6 Å². The molecule has 2 aliphatic rings. The Morgan fingerprint density at radius 3 is 2.59 bits per heavy atom. The number of fused-ring (bicyclic) bond motifs is 1. The van der Waals surface area contributed by atoms with E-state index in [9.17, 15) is 0 Å². The predicted molar refractivity (Wildman–Crippen MR) is 113 cm³/mol. The highest BCUT2D eigenvalue weighted by molar-refractivity contribution is 5.44. The predicted octanol–water partition coefficient (Wildman–Crippen LogP) is 4.43. The van der Waals surface area contributed by atoms with E-state index in [0.717, 1.165) is 56.2 Å². The van der Waals surface area contributed by atoms with Crippen molar-refractivity contribution in [1.29, 1.82) is 0 Å². The van der Waals surface area contributed by atoms with E-state index in [0.29, 0.717) is 6.79 Å². The first-order valence-corrected chi connectivity index (χ1v) is 10.4. The smallest absolute Gasteiger partial charge is 0.231 e. The molecule has 0 aliphatic carbocycles. The van der Waals surface area contributed by atoms with Gasteiger partial charge >= 0.3 is 0 Å². The quantitative estimate of drug-likeness (QED) is 0.701. The molecule has 0 radical (unpaired) electrons. The number of nitrogens with one attached hydrogen (secondary N) is 1. The van der Waals surface area contributed by atoms with E-state index in [2.05, 4.69) is 55.6 Å². The van der Waals surface area contributed by atoms with Crippen LogP contribution < -0.4 is 19.5 Å². The normalized spacial score (nSPS) is 22.4. The molecular formula is C24H31NO4. The van der Waals surface area contributed by atoms with Crippen LogP contribution in [0.1, 0.15) is 44.2 Å². The molecule has 5 nitrogen and oxygen atoms in total. The SMILES string of the molecule is COc1ccc(C2(CCNCc3ccc4c(c3)OCO4)CCOC(C)(C)C2)cc1. The Labute approximate surface area is 173 Å². The number of hydrogen-bond acceptors (Lipinski definition) is 5. The molecule has 156 valence electrons. The zero-order chi connectivity index (χ0) is 20.3. The standard InChI is InChI=1S/C24H31NO4/c1-23(2)16-24(11-13-29-23,19-5-7-20(26-3)8-6-19)10-12-25-15-18-4-9-21-22(14-18)28-17-27-21/h4-9,14,25H,10-13,15-17H2,1-3H3. The highest BCUT2D eigenvalue weighted by Crippen LogP contribution is 2.44. The van der Waals surface area contributed by atoms with Crippen molar-refractivity contribution in [2.75, 3.05) is 27.1 Å². The third-order valence-electron chi connectivity index (χ3n) is 6.09. The van der Waals surface area contributed by atoms with Gasteiger partial charge < -0.3 is 24.3 Å². The molecule has 1 fully saturated rings. The second-order valence-corrected chi connectivity index (χ2v) is 8.66. The lowest BCUT2D eigenvalue weighted by Crippen LogP contribution is -2.45. The molecule has 1 saturated heterocycles. The zero-order valence-corrected chi connectivity index (χ0v) is 17.6. The minimum absolute atomic E-state index is 0.107. The lowest BCUT2D eigenvalue weighted by Gasteiger charge is -2.45. The van der Waals surface area contributed by atoms with Gasteiger partial charge in [0.15, 0.2) is 11.5 Å². The van der Waals surface area contributed by atoms with E-state index in [1.54, 1.807) is 7.11 Å².